The van der Waals surface area contributed by atoms with Crippen molar-refractivity contribution in [1.82, 2.24) is 9.47 Å². The Balaban J connectivity index is 2.02. The van der Waals surface area contributed by atoms with Gasteiger partial charge in [0.05, 0.1) is 23.9 Å². The zero-order valence-corrected chi connectivity index (χ0v) is 21.3. The number of thiocarbonyl (C=S) groups is 1. The lowest BCUT2D eigenvalue weighted by atomic mass is 9.95. The van der Waals surface area contributed by atoms with Crippen molar-refractivity contribution in [3.63, 3.8) is 0 Å². The van der Waals surface area contributed by atoms with E-state index in [1.54, 1.807) is 27.0 Å². The molecular formula is C23H26N4O6S2. The highest BCUT2D eigenvalue weighted by atomic mass is 32.2. The number of nitriles is 1. The monoisotopic (exact) mass is 518 g/mol. The first-order valence-corrected chi connectivity index (χ1v) is 12.4. The Labute approximate surface area is 212 Å². The number of thioether (sulfide) groups is 1. The molecule has 186 valence electrons. The highest BCUT2D eigenvalue weighted by Gasteiger charge is 2.34. The highest BCUT2D eigenvalue weighted by molar-refractivity contribution is 8.26. The summed E-state index contributed by atoms with van der Waals surface area (Å²) in [5, 5.41) is 18.6. The molecule has 2 aliphatic rings. The predicted octanol–water partition coefficient (Wildman–Crippen LogP) is 2.02. The van der Waals surface area contributed by atoms with Crippen molar-refractivity contribution in [2.75, 3.05) is 31.1 Å². The summed E-state index contributed by atoms with van der Waals surface area (Å²) in [6, 6.07) is 1.96. The summed E-state index contributed by atoms with van der Waals surface area (Å²) in [7, 11) is 1.57. The molecular weight excluding hydrogens is 492 g/mol. The smallest absolute Gasteiger partial charge is 0.309 e. The molecule has 0 radical (unpaired) electrons. The van der Waals surface area contributed by atoms with E-state index in [1.165, 1.54) is 9.47 Å². The van der Waals surface area contributed by atoms with Crippen LogP contribution in [0.4, 0.5) is 5.82 Å². The van der Waals surface area contributed by atoms with E-state index in [4.69, 9.17) is 22.1 Å². The number of esters is 1. The number of hydrogen-bond donors (Lipinski definition) is 1. The summed E-state index contributed by atoms with van der Waals surface area (Å²) >= 11 is 6.33. The van der Waals surface area contributed by atoms with E-state index in [0.717, 1.165) is 11.8 Å². The number of anilines is 1. The lowest BCUT2D eigenvalue weighted by molar-refractivity contribution is -0.148. The molecule has 0 aromatic carbocycles. The molecule has 10 nitrogen and oxygen atoms in total. The number of nitrogens with zero attached hydrogens (tertiary/aromatic N) is 4. The van der Waals surface area contributed by atoms with Gasteiger partial charge in [-0.05, 0) is 38.3 Å². The van der Waals surface area contributed by atoms with Crippen LogP contribution >= 0.6 is 24.0 Å². The number of aliphatic carboxylic acids is 1. The number of piperidine rings is 1. The Morgan fingerprint density at radius 1 is 1.31 bits per heavy atom. The van der Waals surface area contributed by atoms with Gasteiger partial charge in [-0.1, -0.05) is 24.0 Å². The van der Waals surface area contributed by atoms with Crippen LogP contribution in [0.3, 0.4) is 0 Å². The number of carbonyl (C=O) groups is 3. The van der Waals surface area contributed by atoms with Crippen molar-refractivity contribution in [1.29, 1.82) is 5.26 Å². The summed E-state index contributed by atoms with van der Waals surface area (Å²) in [4.78, 5) is 52.5. The molecule has 3 heterocycles. The number of carbonyl (C=O) groups excluding carboxylic acids is 2. The first kappa shape index (κ1) is 26.4. The van der Waals surface area contributed by atoms with E-state index in [1.807, 2.05) is 11.0 Å². The first-order chi connectivity index (χ1) is 16.6. The van der Waals surface area contributed by atoms with Crippen LogP contribution in [0.25, 0.3) is 6.08 Å². The standard InChI is InChI=1S/C23H26N4O6S2/c1-4-33-22(32)14-5-8-26(9-6-14)19-15(13(2)16(12-24)20(30)25(19)3)11-17-21(31)27(23(34)35-17)10-7-18(28)29/h11,14H,4-10H2,1-3H3,(H,28,29)/b17-11+. The molecule has 12 heteroatoms. The fraction of sp³-hybridized carbons (Fsp3) is 0.478. The van der Waals surface area contributed by atoms with E-state index in [9.17, 15) is 24.4 Å². The number of pyridine rings is 1. The average molecular weight is 519 g/mol. The van der Waals surface area contributed by atoms with Crippen molar-refractivity contribution >= 4 is 58.0 Å². The maximum Gasteiger partial charge on any atom is 0.309 e. The van der Waals surface area contributed by atoms with Crippen LogP contribution < -0.4 is 10.5 Å². The quantitative estimate of drug-likeness (QED) is 0.325. The number of carboxylic acids is 1. The minimum atomic E-state index is -1.04. The number of ether oxygens (including phenoxy) is 1. The third-order valence-corrected chi connectivity index (χ3v) is 7.46. The van der Waals surface area contributed by atoms with Crippen molar-refractivity contribution in [2.24, 2.45) is 13.0 Å². The van der Waals surface area contributed by atoms with Crippen LogP contribution in [-0.2, 0) is 26.2 Å². The number of amides is 1. The second-order valence-corrected chi connectivity index (χ2v) is 9.88. The van der Waals surface area contributed by atoms with Gasteiger partial charge in [0.1, 0.15) is 21.8 Å². The minimum Gasteiger partial charge on any atom is -0.481 e. The van der Waals surface area contributed by atoms with Crippen LogP contribution in [0.1, 0.15) is 42.9 Å². The largest absolute Gasteiger partial charge is 0.481 e. The van der Waals surface area contributed by atoms with Crippen LogP contribution in [-0.4, -0.2) is 63.0 Å². The molecule has 0 spiro atoms. The molecule has 1 N–H and O–H groups in total. The molecule has 35 heavy (non-hydrogen) atoms. The molecule has 0 saturated carbocycles. The van der Waals surface area contributed by atoms with Gasteiger partial charge in [-0.25, -0.2) is 0 Å². The summed E-state index contributed by atoms with van der Waals surface area (Å²) in [6.45, 7) is 4.67. The van der Waals surface area contributed by atoms with E-state index >= 15 is 0 Å². The maximum absolute atomic E-state index is 13.0. The Kier molecular flexibility index (Phi) is 8.34. The lowest BCUT2D eigenvalue weighted by Gasteiger charge is -2.35. The SMILES string of the molecule is CCOC(=O)C1CCN(c2c(/C=C3/SC(=S)N(CCC(=O)O)C3=O)c(C)c(C#N)c(=O)n2C)CC1. The molecule has 3 rings (SSSR count). The Bertz CT molecular complexity index is 1210. The van der Waals surface area contributed by atoms with E-state index in [0.29, 0.717) is 49.5 Å². The van der Waals surface area contributed by atoms with E-state index in [2.05, 4.69) is 0 Å². The lowest BCUT2D eigenvalue weighted by Crippen LogP contribution is -2.40. The summed E-state index contributed by atoms with van der Waals surface area (Å²) in [5.41, 5.74) is 0.509. The third kappa shape index (κ3) is 5.41. The van der Waals surface area contributed by atoms with Gasteiger partial charge >= 0.3 is 11.9 Å². The number of aromatic nitrogens is 1. The van der Waals surface area contributed by atoms with Crippen molar-refractivity contribution in [2.45, 2.75) is 33.1 Å². The van der Waals surface area contributed by atoms with Gasteiger partial charge in [-0.15, -0.1) is 0 Å². The normalized spacial score (nSPS) is 17.7. The Morgan fingerprint density at radius 3 is 2.54 bits per heavy atom. The van der Waals surface area contributed by atoms with Crippen molar-refractivity contribution in [3.05, 3.63) is 31.9 Å². The second kappa shape index (κ2) is 11.0. The van der Waals surface area contributed by atoms with E-state index < -0.39 is 17.4 Å². The maximum atomic E-state index is 13.0. The van der Waals surface area contributed by atoms with Gasteiger partial charge in [0.2, 0.25) is 0 Å². The van der Waals surface area contributed by atoms with Gasteiger partial charge in [0.25, 0.3) is 11.5 Å². The van der Waals surface area contributed by atoms with Crippen LogP contribution in [0.15, 0.2) is 9.70 Å². The van der Waals surface area contributed by atoms with Crippen LogP contribution in [0, 0.1) is 24.2 Å². The molecule has 0 unspecified atom stereocenters. The van der Waals surface area contributed by atoms with Crippen molar-refractivity contribution < 1.29 is 24.2 Å². The predicted molar refractivity (Wildman–Crippen MR) is 135 cm³/mol. The fourth-order valence-corrected chi connectivity index (χ4v) is 5.50. The van der Waals surface area contributed by atoms with Crippen LogP contribution in [0.5, 0.6) is 0 Å². The summed E-state index contributed by atoms with van der Waals surface area (Å²) < 4.78 is 6.79. The fourth-order valence-electron chi connectivity index (χ4n) is 4.21. The zero-order chi connectivity index (χ0) is 25.9. The van der Waals surface area contributed by atoms with Gasteiger partial charge in [-0.3, -0.25) is 28.6 Å². The number of carboxylic acid groups (broad SMARTS) is 1. The number of hydrogen-bond acceptors (Lipinski definition) is 9. The molecule has 0 aliphatic carbocycles. The molecule has 1 amide bonds. The Hall–Kier alpha value is -3.17. The zero-order valence-electron chi connectivity index (χ0n) is 19.7. The van der Waals surface area contributed by atoms with Gasteiger partial charge in [-0.2, -0.15) is 5.26 Å². The molecule has 1 aromatic rings. The van der Waals surface area contributed by atoms with Crippen molar-refractivity contribution in [3.8, 4) is 6.07 Å². The number of rotatable bonds is 7. The molecule has 2 saturated heterocycles. The summed E-state index contributed by atoms with van der Waals surface area (Å²) in [5.74, 6) is -1.37. The molecule has 1 aromatic heterocycles. The molecule has 0 bridgehead atoms. The van der Waals surface area contributed by atoms with Gasteiger partial charge < -0.3 is 14.7 Å². The topological polar surface area (TPSA) is 133 Å². The Morgan fingerprint density at radius 2 is 1.97 bits per heavy atom. The molecule has 0 atom stereocenters. The first-order valence-electron chi connectivity index (χ1n) is 11.1. The summed E-state index contributed by atoms with van der Waals surface area (Å²) in [6.07, 6.45) is 2.46. The third-order valence-electron chi connectivity index (χ3n) is 6.08. The van der Waals surface area contributed by atoms with Gasteiger partial charge in [0.15, 0.2) is 0 Å². The van der Waals surface area contributed by atoms with Gasteiger partial charge in [0, 0.05) is 32.2 Å². The molecule has 2 fully saturated rings. The molecule has 2 aliphatic heterocycles. The average Bonchev–Trinajstić information content (AvgIpc) is 3.09. The van der Waals surface area contributed by atoms with E-state index in [-0.39, 0.29) is 39.6 Å². The second-order valence-electron chi connectivity index (χ2n) is 8.20. The minimum absolute atomic E-state index is 0.0229. The highest BCUT2D eigenvalue weighted by Crippen LogP contribution is 2.36. The van der Waals surface area contributed by atoms with Crippen LogP contribution in [0.2, 0.25) is 0 Å².